The average molecular weight is 318 g/mol. The number of anilines is 1. The minimum atomic E-state index is -0.260. The lowest BCUT2D eigenvalue weighted by Gasteiger charge is -2.22. The van der Waals surface area contributed by atoms with Crippen LogP contribution in [0.3, 0.4) is 0 Å². The second kappa shape index (κ2) is 4.54. The maximum atomic E-state index is 13.1. The van der Waals surface area contributed by atoms with Crippen LogP contribution in [-0.2, 0) is 9.59 Å². The third-order valence-electron chi connectivity index (χ3n) is 5.88. The number of benzene rings is 2. The standard InChI is InChI=1S/C20H18N2O2/c1-11-7-9-12(10-8-11)22-19(23)15-16(20(22)24)18-14-6-4-3-5-13(14)17(15)21(18)2/h3-10,15-18H,1-2H3/t15-,16+,17+,18-. The van der Waals surface area contributed by atoms with Gasteiger partial charge in [0.15, 0.2) is 0 Å². The van der Waals surface area contributed by atoms with Gasteiger partial charge in [-0.15, -0.1) is 0 Å². The van der Waals surface area contributed by atoms with Gasteiger partial charge in [0.2, 0.25) is 11.8 Å². The van der Waals surface area contributed by atoms with Crippen molar-refractivity contribution >= 4 is 17.5 Å². The molecular weight excluding hydrogens is 300 g/mol. The fourth-order valence-corrected chi connectivity index (χ4v) is 4.88. The van der Waals surface area contributed by atoms with Crippen molar-refractivity contribution in [2.45, 2.75) is 19.0 Å². The molecule has 0 spiro atoms. The second-order valence-corrected chi connectivity index (χ2v) is 7.08. The van der Waals surface area contributed by atoms with Crippen molar-refractivity contribution in [3.63, 3.8) is 0 Å². The predicted molar refractivity (Wildman–Crippen MR) is 90.3 cm³/mol. The van der Waals surface area contributed by atoms with Crippen molar-refractivity contribution in [2.24, 2.45) is 11.8 Å². The highest BCUT2D eigenvalue weighted by Crippen LogP contribution is 2.61. The molecule has 2 aromatic rings. The van der Waals surface area contributed by atoms with Crippen LogP contribution in [0.25, 0.3) is 0 Å². The summed E-state index contributed by atoms with van der Waals surface area (Å²) in [7, 11) is 2.03. The SMILES string of the molecule is Cc1ccc(N2C(=O)[C@@H]3[C@H](C2=O)[C@H]2c4ccccc4[C@@H]3N2C)cc1. The Bertz CT molecular complexity index is 824. The Morgan fingerprint density at radius 2 is 1.29 bits per heavy atom. The van der Waals surface area contributed by atoms with Gasteiger partial charge in [-0.1, -0.05) is 42.0 Å². The van der Waals surface area contributed by atoms with E-state index in [9.17, 15) is 9.59 Å². The van der Waals surface area contributed by atoms with E-state index in [1.165, 1.54) is 16.0 Å². The summed E-state index contributed by atoms with van der Waals surface area (Å²) in [5.74, 6) is -0.627. The highest BCUT2D eigenvalue weighted by Gasteiger charge is 2.65. The summed E-state index contributed by atoms with van der Waals surface area (Å²) in [5, 5.41) is 0. The predicted octanol–water partition coefficient (Wildman–Crippen LogP) is 2.84. The summed E-state index contributed by atoms with van der Waals surface area (Å²) >= 11 is 0. The summed E-state index contributed by atoms with van der Waals surface area (Å²) in [5.41, 5.74) is 4.22. The lowest BCUT2D eigenvalue weighted by molar-refractivity contribution is -0.123. The Kier molecular flexibility index (Phi) is 2.64. The molecule has 3 heterocycles. The first kappa shape index (κ1) is 13.9. The number of hydrogen-bond donors (Lipinski definition) is 0. The van der Waals surface area contributed by atoms with Crippen molar-refractivity contribution in [3.05, 3.63) is 65.2 Å². The first-order valence-electron chi connectivity index (χ1n) is 8.35. The average Bonchev–Trinajstić information content (AvgIpc) is 3.14. The molecule has 0 unspecified atom stereocenters. The largest absolute Gasteiger partial charge is 0.291 e. The fraction of sp³-hybridized carbons (Fsp3) is 0.300. The maximum Gasteiger partial charge on any atom is 0.239 e. The Balaban J connectivity index is 1.61. The van der Waals surface area contributed by atoms with Crippen molar-refractivity contribution < 1.29 is 9.59 Å². The van der Waals surface area contributed by atoms with Crippen molar-refractivity contribution in [1.82, 2.24) is 4.90 Å². The molecule has 2 saturated heterocycles. The van der Waals surface area contributed by atoms with E-state index < -0.39 is 0 Å². The summed E-state index contributed by atoms with van der Waals surface area (Å²) in [6.07, 6.45) is 0. The molecule has 5 rings (SSSR count). The van der Waals surface area contributed by atoms with E-state index in [2.05, 4.69) is 17.0 Å². The third kappa shape index (κ3) is 1.52. The highest BCUT2D eigenvalue weighted by atomic mass is 16.2. The minimum Gasteiger partial charge on any atom is -0.291 e. The van der Waals surface area contributed by atoms with Crippen molar-refractivity contribution in [1.29, 1.82) is 0 Å². The molecule has 4 nitrogen and oxygen atoms in total. The molecule has 0 saturated carbocycles. The topological polar surface area (TPSA) is 40.6 Å². The molecule has 3 aliphatic heterocycles. The van der Waals surface area contributed by atoms with Gasteiger partial charge in [-0.3, -0.25) is 14.5 Å². The van der Waals surface area contributed by atoms with E-state index in [0.717, 1.165) is 5.56 Å². The number of aryl methyl sites for hydroxylation is 1. The van der Waals surface area contributed by atoms with Gasteiger partial charge >= 0.3 is 0 Å². The van der Waals surface area contributed by atoms with E-state index in [1.807, 2.05) is 50.4 Å². The molecule has 3 aliphatic rings. The number of rotatable bonds is 1. The van der Waals surface area contributed by atoms with E-state index in [-0.39, 0.29) is 35.7 Å². The molecule has 4 atom stereocenters. The number of hydrogen-bond acceptors (Lipinski definition) is 3. The molecule has 120 valence electrons. The summed E-state index contributed by atoms with van der Waals surface area (Å²) in [6.45, 7) is 2.00. The molecule has 0 N–H and O–H groups in total. The lowest BCUT2D eigenvalue weighted by atomic mass is 9.77. The molecule has 2 fully saturated rings. The van der Waals surface area contributed by atoms with Crippen LogP contribution in [0.2, 0.25) is 0 Å². The van der Waals surface area contributed by atoms with Crippen LogP contribution in [0.15, 0.2) is 48.5 Å². The monoisotopic (exact) mass is 318 g/mol. The zero-order valence-corrected chi connectivity index (χ0v) is 13.6. The van der Waals surface area contributed by atoms with Gasteiger partial charge in [0.25, 0.3) is 0 Å². The van der Waals surface area contributed by atoms with E-state index in [1.54, 1.807) is 0 Å². The van der Waals surface area contributed by atoms with Crippen LogP contribution in [0.1, 0.15) is 28.8 Å². The summed E-state index contributed by atoms with van der Waals surface area (Å²) in [6, 6.07) is 15.9. The van der Waals surface area contributed by atoms with E-state index in [0.29, 0.717) is 5.69 Å². The lowest BCUT2D eigenvalue weighted by Crippen LogP contribution is -2.35. The quantitative estimate of drug-likeness (QED) is 0.759. The van der Waals surface area contributed by atoms with Crippen LogP contribution in [0, 0.1) is 18.8 Å². The maximum absolute atomic E-state index is 13.1. The summed E-state index contributed by atoms with van der Waals surface area (Å²) in [4.78, 5) is 29.8. The zero-order valence-electron chi connectivity index (χ0n) is 13.6. The highest BCUT2D eigenvalue weighted by molar-refractivity contribution is 6.23. The van der Waals surface area contributed by atoms with Crippen LogP contribution < -0.4 is 4.90 Å². The van der Waals surface area contributed by atoms with Gasteiger partial charge in [-0.2, -0.15) is 0 Å². The van der Waals surface area contributed by atoms with Gasteiger partial charge < -0.3 is 0 Å². The van der Waals surface area contributed by atoms with E-state index in [4.69, 9.17) is 0 Å². The Labute approximate surface area is 140 Å². The van der Waals surface area contributed by atoms with Crippen molar-refractivity contribution in [3.8, 4) is 0 Å². The van der Waals surface area contributed by atoms with Gasteiger partial charge in [0.1, 0.15) is 0 Å². The van der Waals surface area contributed by atoms with Crippen LogP contribution in [0.4, 0.5) is 5.69 Å². The van der Waals surface area contributed by atoms with E-state index >= 15 is 0 Å². The Morgan fingerprint density at radius 1 is 0.792 bits per heavy atom. The number of imide groups is 1. The summed E-state index contributed by atoms with van der Waals surface area (Å²) < 4.78 is 0. The Hall–Kier alpha value is -2.46. The molecule has 2 bridgehead atoms. The van der Waals surface area contributed by atoms with Gasteiger partial charge in [-0.25, -0.2) is 4.90 Å². The molecule has 0 aromatic heterocycles. The van der Waals surface area contributed by atoms with Gasteiger partial charge in [0, 0.05) is 12.1 Å². The molecular formula is C20H18N2O2. The number of amides is 2. The normalized spacial score (nSPS) is 30.8. The van der Waals surface area contributed by atoms with Gasteiger partial charge in [0.05, 0.1) is 17.5 Å². The number of carbonyl (C=O) groups is 2. The van der Waals surface area contributed by atoms with Crippen LogP contribution in [0.5, 0.6) is 0 Å². The molecule has 24 heavy (non-hydrogen) atoms. The van der Waals surface area contributed by atoms with Crippen LogP contribution >= 0.6 is 0 Å². The molecule has 0 aliphatic carbocycles. The molecule has 4 heteroatoms. The molecule has 2 aromatic carbocycles. The Morgan fingerprint density at radius 3 is 1.79 bits per heavy atom. The third-order valence-corrected chi connectivity index (χ3v) is 5.88. The number of nitrogens with zero attached hydrogens (tertiary/aromatic N) is 2. The molecule has 2 amide bonds. The minimum absolute atomic E-state index is 0.0168. The first-order chi connectivity index (χ1) is 11.6. The van der Waals surface area contributed by atoms with Crippen molar-refractivity contribution in [2.75, 3.05) is 11.9 Å². The zero-order chi connectivity index (χ0) is 16.6. The smallest absolute Gasteiger partial charge is 0.239 e. The fourth-order valence-electron chi connectivity index (χ4n) is 4.88. The second-order valence-electron chi connectivity index (χ2n) is 7.08. The first-order valence-corrected chi connectivity index (χ1v) is 8.35. The van der Waals surface area contributed by atoms with Crippen LogP contribution in [-0.4, -0.2) is 23.8 Å². The van der Waals surface area contributed by atoms with Gasteiger partial charge in [-0.05, 0) is 37.2 Å². The number of fused-ring (bicyclic) bond motifs is 8. The molecule has 0 radical (unpaired) electrons. The number of carbonyl (C=O) groups excluding carboxylic acids is 2.